The normalized spacial score (nSPS) is 10.8. The summed E-state index contributed by atoms with van der Waals surface area (Å²) in [6.45, 7) is 12.0. The summed E-state index contributed by atoms with van der Waals surface area (Å²) in [5.41, 5.74) is 1.22. The van der Waals surface area contributed by atoms with Crippen LogP contribution in [0.5, 0.6) is 0 Å². The molecule has 0 saturated carbocycles. The van der Waals surface area contributed by atoms with Gasteiger partial charge in [0.2, 0.25) is 0 Å². The Morgan fingerprint density at radius 1 is 1.06 bits per heavy atom. The van der Waals surface area contributed by atoms with Gasteiger partial charge in [-0.2, -0.15) is 0 Å². The molecule has 0 aliphatic heterocycles. The minimum Gasteiger partial charge on any atom is -0.389 e. The van der Waals surface area contributed by atoms with Crippen LogP contribution in [0.15, 0.2) is 12.3 Å². The fourth-order valence-electron chi connectivity index (χ4n) is 1.72. The van der Waals surface area contributed by atoms with Crippen molar-refractivity contribution in [3.05, 3.63) is 12.3 Å². The van der Waals surface area contributed by atoms with Gasteiger partial charge in [0, 0.05) is 12.2 Å². The zero-order valence-corrected chi connectivity index (χ0v) is 11.6. The summed E-state index contributed by atoms with van der Waals surface area (Å²) in [6, 6.07) is 0. The van der Waals surface area contributed by atoms with Crippen molar-refractivity contribution in [2.45, 2.75) is 72.1 Å². The Balaban J connectivity index is 3.15. The van der Waals surface area contributed by atoms with Gasteiger partial charge >= 0.3 is 0 Å². The van der Waals surface area contributed by atoms with Gasteiger partial charge in [-0.05, 0) is 25.2 Å². The van der Waals surface area contributed by atoms with Gasteiger partial charge in [0.25, 0.3) is 0 Å². The number of allylic oxidation sites excluding steroid dienone is 1. The molecule has 0 fully saturated rings. The van der Waals surface area contributed by atoms with Crippen molar-refractivity contribution in [1.82, 2.24) is 5.32 Å². The maximum absolute atomic E-state index is 4.06. The third-order valence-corrected chi connectivity index (χ3v) is 2.93. The molecule has 0 spiro atoms. The summed E-state index contributed by atoms with van der Waals surface area (Å²) in [4.78, 5) is 0. The lowest BCUT2D eigenvalue weighted by atomic mass is 10.1. The molecule has 0 aromatic heterocycles. The Bertz CT molecular complexity index is 161. The third-order valence-electron chi connectivity index (χ3n) is 2.93. The highest BCUT2D eigenvalue weighted by atomic mass is 14.9. The Morgan fingerprint density at radius 2 is 1.69 bits per heavy atom. The minimum atomic E-state index is 0.785. The van der Waals surface area contributed by atoms with E-state index in [9.17, 15) is 0 Å². The molecular formula is C15H31N. The summed E-state index contributed by atoms with van der Waals surface area (Å²) in [7, 11) is 0. The lowest BCUT2D eigenvalue weighted by Gasteiger charge is -2.10. The number of unbranched alkanes of at least 4 members (excludes halogenated alkanes) is 5. The molecule has 1 heteroatoms. The van der Waals surface area contributed by atoms with Crippen LogP contribution in [0.2, 0.25) is 0 Å². The van der Waals surface area contributed by atoms with Crippen molar-refractivity contribution < 1.29 is 0 Å². The van der Waals surface area contributed by atoms with Crippen LogP contribution in [-0.2, 0) is 0 Å². The highest BCUT2D eigenvalue weighted by molar-refractivity contribution is 4.90. The molecule has 0 bridgehead atoms. The van der Waals surface area contributed by atoms with Crippen LogP contribution < -0.4 is 5.32 Å². The number of nitrogens with one attached hydrogen (secondary N) is 1. The summed E-state index contributed by atoms with van der Waals surface area (Å²) < 4.78 is 0. The molecule has 0 aliphatic carbocycles. The average molecular weight is 225 g/mol. The van der Waals surface area contributed by atoms with Crippen molar-refractivity contribution in [3.8, 4) is 0 Å². The van der Waals surface area contributed by atoms with Crippen LogP contribution in [0.3, 0.4) is 0 Å². The van der Waals surface area contributed by atoms with Crippen LogP contribution >= 0.6 is 0 Å². The second kappa shape index (κ2) is 11.0. The van der Waals surface area contributed by atoms with Gasteiger partial charge in [-0.1, -0.05) is 59.5 Å². The molecular weight excluding hydrogens is 194 g/mol. The van der Waals surface area contributed by atoms with Crippen LogP contribution in [0.4, 0.5) is 0 Å². The van der Waals surface area contributed by atoms with Gasteiger partial charge in [-0.15, -0.1) is 0 Å². The number of hydrogen-bond donors (Lipinski definition) is 1. The molecule has 0 rings (SSSR count). The maximum atomic E-state index is 4.06. The van der Waals surface area contributed by atoms with Crippen molar-refractivity contribution in [2.24, 2.45) is 5.92 Å². The van der Waals surface area contributed by atoms with E-state index in [1.165, 1.54) is 50.6 Å². The first kappa shape index (κ1) is 15.5. The van der Waals surface area contributed by atoms with E-state index < -0.39 is 0 Å². The largest absolute Gasteiger partial charge is 0.389 e. The third kappa shape index (κ3) is 11.6. The van der Waals surface area contributed by atoms with Gasteiger partial charge in [0.05, 0.1) is 0 Å². The number of hydrogen-bond acceptors (Lipinski definition) is 1. The predicted molar refractivity (Wildman–Crippen MR) is 74.6 cm³/mol. The standard InChI is InChI=1S/C15H31N/c1-5-6-7-8-9-10-13-16-15(4)12-11-14(2)3/h14,16H,4-13H2,1-3H3. The molecule has 0 radical (unpaired) electrons. The smallest absolute Gasteiger partial charge is 0.0143 e. The topological polar surface area (TPSA) is 12.0 Å². The van der Waals surface area contributed by atoms with E-state index in [1.54, 1.807) is 0 Å². The van der Waals surface area contributed by atoms with Crippen molar-refractivity contribution >= 4 is 0 Å². The fraction of sp³-hybridized carbons (Fsp3) is 0.867. The van der Waals surface area contributed by atoms with E-state index in [2.05, 4.69) is 32.7 Å². The van der Waals surface area contributed by atoms with Crippen LogP contribution in [0.1, 0.15) is 72.1 Å². The second-order valence-electron chi connectivity index (χ2n) is 5.23. The highest BCUT2D eigenvalue weighted by Gasteiger charge is 1.97. The minimum absolute atomic E-state index is 0.785. The molecule has 1 nitrogen and oxygen atoms in total. The Labute approximate surface area is 103 Å². The van der Waals surface area contributed by atoms with Gasteiger partial charge in [0.15, 0.2) is 0 Å². The zero-order chi connectivity index (χ0) is 12.2. The monoisotopic (exact) mass is 225 g/mol. The molecule has 0 saturated heterocycles. The van der Waals surface area contributed by atoms with E-state index in [1.807, 2.05) is 0 Å². The van der Waals surface area contributed by atoms with E-state index in [-0.39, 0.29) is 0 Å². The first-order valence-electron chi connectivity index (χ1n) is 7.08. The van der Waals surface area contributed by atoms with E-state index >= 15 is 0 Å². The summed E-state index contributed by atoms with van der Waals surface area (Å²) >= 11 is 0. The molecule has 0 heterocycles. The van der Waals surface area contributed by atoms with Crippen molar-refractivity contribution in [1.29, 1.82) is 0 Å². The summed E-state index contributed by atoms with van der Waals surface area (Å²) in [6.07, 6.45) is 10.6. The average Bonchev–Trinajstić information content (AvgIpc) is 2.25. The Morgan fingerprint density at radius 3 is 2.31 bits per heavy atom. The summed E-state index contributed by atoms with van der Waals surface area (Å²) in [5, 5.41) is 3.43. The van der Waals surface area contributed by atoms with Crippen LogP contribution in [-0.4, -0.2) is 6.54 Å². The highest BCUT2D eigenvalue weighted by Crippen LogP contribution is 2.08. The lowest BCUT2D eigenvalue weighted by molar-refractivity contribution is 0.554. The van der Waals surface area contributed by atoms with Crippen molar-refractivity contribution in [3.63, 3.8) is 0 Å². The molecule has 0 atom stereocenters. The molecule has 0 unspecified atom stereocenters. The number of rotatable bonds is 11. The SMILES string of the molecule is C=C(CCC(C)C)NCCCCCCCC. The lowest BCUT2D eigenvalue weighted by Crippen LogP contribution is -2.14. The molecule has 0 aliphatic rings. The molecule has 96 valence electrons. The molecule has 0 aromatic rings. The Hall–Kier alpha value is -0.460. The van der Waals surface area contributed by atoms with Gasteiger partial charge in [-0.25, -0.2) is 0 Å². The first-order valence-corrected chi connectivity index (χ1v) is 7.08. The van der Waals surface area contributed by atoms with E-state index in [0.717, 1.165) is 18.9 Å². The molecule has 16 heavy (non-hydrogen) atoms. The summed E-state index contributed by atoms with van der Waals surface area (Å²) in [5.74, 6) is 0.785. The Kier molecular flexibility index (Phi) is 10.7. The first-order chi connectivity index (χ1) is 7.66. The van der Waals surface area contributed by atoms with Crippen LogP contribution in [0.25, 0.3) is 0 Å². The quantitative estimate of drug-likeness (QED) is 0.494. The predicted octanol–water partition coefficient (Wildman–Crippen LogP) is 4.89. The van der Waals surface area contributed by atoms with Crippen LogP contribution in [0, 0.1) is 5.92 Å². The molecule has 0 amide bonds. The zero-order valence-electron chi connectivity index (χ0n) is 11.6. The van der Waals surface area contributed by atoms with Gasteiger partial charge in [-0.3, -0.25) is 0 Å². The van der Waals surface area contributed by atoms with E-state index in [4.69, 9.17) is 0 Å². The van der Waals surface area contributed by atoms with Gasteiger partial charge in [0.1, 0.15) is 0 Å². The fourth-order valence-corrected chi connectivity index (χ4v) is 1.72. The second-order valence-corrected chi connectivity index (χ2v) is 5.23. The molecule has 1 N–H and O–H groups in total. The van der Waals surface area contributed by atoms with Crippen molar-refractivity contribution in [2.75, 3.05) is 6.54 Å². The maximum Gasteiger partial charge on any atom is 0.0143 e. The van der Waals surface area contributed by atoms with E-state index in [0.29, 0.717) is 0 Å². The molecule has 0 aromatic carbocycles. The van der Waals surface area contributed by atoms with Gasteiger partial charge < -0.3 is 5.32 Å².